The summed E-state index contributed by atoms with van der Waals surface area (Å²) in [6.07, 6.45) is 1.85. The van der Waals surface area contributed by atoms with Gasteiger partial charge in [-0.25, -0.2) is 12.7 Å². The molecule has 0 unspecified atom stereocenters. The van der Waals surface area contributed by atoms with Crippen LogP contribution in [0.1, 0.15) is 33.6 Å². The van der Waals surface area contributed by atoms with E-state index in [1.165, 1.54) is 4.31 Å². The summed E-state index contributed by atoms with van der Waals surface area (Å²) in [4.78, 5) is 27.7. The molecule has 0 radical (unpaired) electrons. The molecular weight excluding hydrogens is 382 g/mol. The molecular formula is C19H27N3O5S. The Balaban J connectivity index is 1.44. The predicted molar refractivity (Wildman–Crippen MR) is 105 cm³/mol. The molecule has 0 N–H and O–H groups in total. The predicted octanol–water partition coefficient (Wildman–Crippen LogP) is 0.655. The Morgan fingerprint density at radius 3 is 2.36 bits per heavy atom. The van der Waals surface area contributed by atoms with Gasteiger partial charge in [0.05, 0.1) is 36.6 Å². The number of hydrogen-bond donors (Lipinski definition) is 0. The van der Waals surface area contributed by atoms with Gasteiger partial charge in [-0.1, -0.05) is 12.1 Å². The Hall–Kier alpha value is -1.81. The lowest BCUT2D eigenvalue weighted by atomic mass is 10.1. The number of nitrogens with zero attached hydrogens (tertiary/aromatic N) is 3. The fourth-order valence-corrected chi connectivity index (χ4v) is 4.98. The highest BCUT2D eigenvalue weighted by molar-refractivity contribution is 7.89. The van der Waals surface area contributed by atoms with Crippen LogP contribution in [0.2, 0.25) is 0 Å². The van der Waals surface area contributed by atoms with E-state index in [9.17, 15) is 18.0 Å². The smallest absolute Gasteiger partial charge is 0.261 e. The number of rotatable bonds is 8. The van der Waals surface area contributed by atoms with Crippen molar-refractivity contribution < 1.29 is 22.7 Å². The van der Waals surface area contributed by atoms with Gasteiger partial charge < -0.3 is 9.64 Å². The van der Waals surface area contributed by atoms with Crippen LogP contribution in [0.3, 0.4) is 0 Å². The zero-order valence-electron chi connectivity index (χ0n) is 16.3. The number of sulfonamides is 1. The second-order valence-electron chi connectivity index (χ2n) is 7.35. The minimum atomic E-state index is -3.38. The van der Waals surface area contributed by atoms with E-state index in [-0.39, 0.29) is 43.4 Å². The second kappa shape index (κ2) is 8.69. The number of amides is 2. The number of imide groups is 1. The van der Waals surface area contributed by atoms with Crippen LogP contribution in [0.5, 0.6) is 0 Å². The number of ether oxygens (including phenoxy) is 1. The molecule has 0 bridgehead atoms. The standard InChI is InChI=1S/C19H27N3O5S/c1-20(2)15-6-5-9-21(14-15)28(25,26)13-12-27-11-10-22-18(23)16-7-3-4-8-17(16)19(22)24/h3-4,7-8,15H,5-6,9-14H2,1-2H3/t15-/m0/s1. The number of hydrogen-bond acceptors (Lipinski definition) is 6. The molecule has 1 fully saturated rings. The van der Waals surface area contributed by atoms with Crippen LogP contribution in [-0.2, 0) is 14.8 Å². The summed E-state index contributed by atoms with van der Waals surface area (Å²) >= 11 is 0. The molecule has 0 aromatic heterocycles. The lowest BCUT2D eigenvalue weighted by molar-refractivity contribution is 0.0574. The van der Waals surface area contributed by atoms with Crippen molar-refractivity contribution in [3.05, 3.63) is 35.4 Å². The minimum absolute atomic E-state index is 0.0363. The van der Waals surface area contributed by atoms with Gasteiger partial charge in [0.1, 0.15) is 0 Å². The van der Waals surface area contributed by atoms with Crippen molar-refractivity contribution >= 4 is 21.8 Å². The molecule has 0 spiro atoms. The summed E-state index contributed by atoms with van der Waals surface area (Å²) < 4.78 is 32.0. The maximum Gasteiger partial charge on any atom is 0.261 e. The van der Waals surface area contributed by atoms with Gasteiger partial charge in [-0.3, -0.25) is 14.5 Å². The first-order valence-electron chi connectivity index (χ1n) is 9.48. The van der Waals surface area contributed by atoms with Crippen LogP contribution in [0, 0.1) is 0 Å². The lowest BCUT2D eigenvalue weighted by Crippen LogP contribution is -2.48. The van der Waals surface area contributed by atoms with Crippen molar-refractivity contribution in [1.29, 1.82) is 0 Å². The highest BCUT2D eigenvalue weighted by Crippen LogP contribution is 2.22. The molecule has 2 aliphatic heterocycles. The van der Waals surface area contributed by atoms with Crippen LogP contribution in [0.25, 0.3) is 0 Å². The summed E-state index contributed by atoms with van der Waals surface area (Å²) in [5, 5.41) is 0. The van der Waals surface area contributed by atoms with Gasteiger partial charge in [0.25, 0.3) is 11.8 Å². The first-order chi connectivity index (χ1) is 13.3. The van der Waals surface area contributed by atoms with Crippen molar-refractivity contribution in [2.24, 2.45) is 0 Å². The monoisotopic (exact) mass is 409 g/mol. The molecule has 154 valence electrons. The van der Waals surface area contributed by atoms with Gasteiger partial charge in [0.15, 0.2) is 0 Å². The molecule has 28 heavy (non-hydrogen) atoms. The Kier molecular flexibility index (Phi) is 6.49. The van der Waals surface area contributed by atoms with Gasteiger partial charge in [0.2, 0.25) is 10.0 Å². The molecule has 2 aliphatic rings. The van der Waals surface area contributed by atoms with Crippen LogP contribution in [0.4, 0.5) is 0 Å². The van der Waals surface area contributed by atoms with Crippen molar-refractivity contribution in [3.63, 3.8) is 0 Å². The number of piperidine rings is 1. The first-order valence-corrected chi connectivity index (χ1v) is 11.1. The molecule has 3 rings (SSSR count). The highest BCUT2D eigenvalue weighted by Gasteiger charge is 2.34. The van der Waals surface area contributed by atoms with Crippen LogP contribution in [-0.4, -0.2) is 93.1 Å². The third-order valence-electron chi connectivity index (χ3n) is 5.31. The van der Waals surface area contributed by atoms with Crippen molar-refractivity contribution in [2.75, 3.05) is 52.7 Å². The van der Waals surface area contributed by atoms with E-state index in [1.54, 1.807) is 24.3 Å². The van der Waals surface area contributed by atoms with Gasteiger partial charge in [0, 0.05) is 19.1 Å². The number of carbonyl (C=O) groups is 2. The fourth-order valence-electron chi connectivity index (χ4n) is 3.59. The van der Waals surface area contributed by atoms with E-state index in [1.807, 2.05) is 14.1 Å². The Bertz CT molecular complexity index is 805. The maximum atomic E-state index is 12.5. The third kappa shape index (κ3) is 4.43. The Labute approximate surface area is 166 Å². The second-order valence-corrected chi connectivity index (χ2v) is 9.44. The highest BCUT2D eigenvalue weighted by atomic mass is 32.2. The van der Waals surface area contributed by atoms with Gasteiger partial charge in [-0.05, 0) is 39.1 Å². The summed E-state index contributed by atoms with van der Waals surface area (Å²) in [5.41, 5.74) is 0.797. The average Bonchev–Trinajstić information content (AvgIpc) is 2.93. The molecule has 0 aliphatic carbocycles. The first kappa shape index (κ1) is 20.9. The maximum absolute atomic E-state index is 12.5. The molecule has 1 atom stereocenters. The zero-order chi connectivity index (χ0) is 20.3. The van der Waals surface area contributed by atoms with Gasteiger partial charge in [-0.2, -0.15) is 0 Å². The van der Waals surface area contributed by atoms with E-state index >= 15 is 0 Å². The quantitative estimate of drug-likeness (QED) is 0.463. The van der Waals surface area contributed by atoms with Crippen LogP contribution >= 0.6 is 0 Å². The Morgan fingerprint density at radius 1 is 1.11 bits per heavy atom. The third-order valence-corrected chi connectivity index (χ3v) is 7.11. The van der Waals surface area contributed by atoms with Crippen LogP contribution in [0.15, 0.2) is 24.3 Å². The summed E-state index contributed by atoms with van der Waals surface area (Å²) in [6.45, 7) is 1.31. The molecule has 8 nitrogen and oxygen atoms in total. The van der Waals surface area contributed by atoms with Crippen LogP contribution < -0.4 is 0 Å². The molecule has 9 heteroatoms. The molecule has 1 saturated heterocycles. The number of likely N-dealkylation sites (N-methyl/N-ethyl adjacent to an activating group) is 1. The topological polar surface area (TPSA) is 87.2 Å². The summed E-state index contributed by atoms with van der Waals surface area (Å²) in [5.74, 6) is -0.769. The molecule has 2 heterocycles. The SMILES string of the molecule is CN(C)[C@H]1CCCN(S(=O)(=O)CCOCCN2C(=O)c3ccccc3C2=O)C1. The number of benzene rings is 1. The normalized spacial score (nSPS) is 20.8. The number of fused-ring (bicyclic) bond motifs is 1. The van der Waals surface area contributed by atoms with E-state index < -0.39 is 10.0 Å². The van der Waals surface area contributed by atoms with E-state index in [4.69, 9.17) is 4.74 Å². The molecule has 1 aromatic carbocycles. The van der Waals surface area contributed by atoms with E-state index in [2.05, 4.69) is 4.90 Å². The molecule has 2 amide bonds. The summed E-state index contributed by atoms with van der Waals surface area (Å²) in [7, 11) is 0.543. The zero-order valence-corrected chi connectivity index (χ0v) is 17.2. The van der Waals surface area contributed by atoms with Crippen molar-refractivity contribution in [3.8, 4) is 0 Å². The molecule has 1 aromatic rings. The van der Waals surface area contributed by atoms with Gasteiger partial charge in [-0.15, -0.1) is 0 Å². The number of carbonyl (C=O) groups excluding carboxylic acids is 2. The molecule has 0 saturated carbocycles. The fraction of sp³-hybridized carbons (Fsp3) is 0.579. The van der Waals surface area contributed by atoms with Crippen molar-refractivity contribution in [1.82, 2.24) is 14.1 Å². The van der Waals surface area contributed by atoms with E-state index in [0.29, 0.717) is 24.2 Å². The Morgan fingerprint density at radius 2 is 1.75 bits per heavy atom. The largest absolute Gasteiger partial charge is 0.378 e. The van der Waals surface area contributed by atoms with Crippen molar-refractivity contribution in [2.45, 2.75) is 18.9 Å². The lowest BCUT2D eigenvalue weighted by Gasteiger charge is -2.35. The van der Waals surface area contributed by atoms with Gasteiger partial charge >= 0.3 is 0 Å². The minimum Gasteiger partial charge on any atom is -0.378 e. The summed E-state index contributed by atoms with van der Waals surface area (Å²) in [6, 6.07) is 6.93. The van der Waals surface area contributed by atoms with E-state index in [0.717, 1.165) is 17.7 Å². The average molecular weight is 410 g/mol.